The molecule has 1 amide bonds. The highest BCUT2D eigenvalue weighted by Crippen LogP contribution is 2.44. The third-order valence-electron chi connectivity index (χ3n) is 6.74. The summed E-state index contributed by atoms with van der Waals surface area (Å²) in [7, 11) is 1.66. The molecular formula is C23H29N3O3S. The Morgan fingerprint density at radius 1 is 1.33 bits per heavy atom. The zero-order valence-corrected chi connectivity index (χ0v) is 18.8. The summed E-state index contributed by atoms with van der Waals surface area (Å²) in [5.41, 5.74) is 3.91. The Hall–Kier alpha value is -1.96. The molecule has 0 atom stereocenters. The molecule has 1 saturated heterocycles. The number of ether oxygens (including phenoxy) is 2. The highest BCUT2D eigenvalue weighted by atomic mass is 32.1. The van der Waals surface area contributed by atoms with Gasteiger partial charge in [0.05, 0.1) is 31.5 Å². The van der Waals surface area contributed by atoms with Crippen molar-refractivity contribution in [2.75, 3.05) is 26.8 Å². The number of hydrogen-bond donors (Lipinski definition) is 0. The lowest BCUT2D eigenvalue weighted by Crippen LogP contribution is -2.45. The molecule has 7 heteroatoms. The van der Waals surface area contributed by atoms with Crippen molar-refractivity contribution >= 4 is 17.2 Å². The third kappa shape index (κ3) is 3.24. The van der Waals surface area contributed by atoms with Gasteiger partial charge in [0.1, 0.15) is 5.60 Å². The lowest BCUT2D eigenvalue weighted by Gasteiger charge is -2.43. The standard InChI is InChI=1S/C23H29N3O3S/c1-15(2)26-14-19-18(22(26)27)12-17(21(24-19)28-3)13-25-8-6-23(7-9-25)20-16(4-10-29-23)5-11-30-20/h5,11-12,15H,4,6-10,13-14H2,1-3H3. The van der Waals surface area contributed by atoms with Crippen LogP contribution in [-0.4, -0.2) is 53.5 Å². The van der Waals surface area contributed by atoms with Crippen LogP contribution in [0, 0.1) is 0 Å². The molecule has 3 aliphatic heterocycles. The number of aromatic nitrogens is 1. The summed E-state index contributed by atoms with van der Waals surface area (Å²) in [6, 6.07) is 4.43. The summed E-state index contributed by atoms with van der Waals surface area (Å²) in [5, 5.41) is 2.20. The van der Waals surface area contributed by atoms with Crippen LogP contribution in [0.2, 0.25) is 0 Å². The maximum Gasteiger partial charge on any atom is 0.256 e. The largest absolute Gasteiger partial charge is 0.481 e. The van der Waals surface area contributed by atoms with Crippen molar-refractivity contribution in [2.45, 2.75) is 57.8 Å². The molecule has 3 aliphatic rings. The Kier molecular flexibility index (Phi) is 5.08. The van der Waals surface area contributed by atoms with Crippen LogP contribution in [0.4, 0.5) is 0 Å². The molecule has 0 saturated carbocycles. The highest BCUT2D eigenvalue weighted by molar-refractivity contribution is 7.10. The lowest BCUT2D eigenvalue weighted by atomic mass is 9.85. The van der Waals surface area contributed by atoms with E-state index in [1.165, 1.54) is 10.4 Å². The molecule has 1 fully saturated rings. The van der Waals surface area contributed by atoms with Gasteiger partial charge in [0, 0.05) is 36.1 Å². The minimum absolute atomic E-state index is 0.0785. The van der Waals surface area contributed by atoms with Gasteiger partial charge >= 0.3 is 0 Å². The Balaban J connectivity index is 1.33. The fourth-order valence-corrected chi connectivity index (χ4v) is 6.18. The van der Waals surface area contributed by atoms with E-state index in [1.807, 2.05) is 36.2 Å². The van der Waals surface area contributed by atoms with Crippen LogP contribution in [0.3, 0.4) is 0 Å². The van der Waals surface area contributed by atoms with Crippen LogP contribution in [0.5, 0.6) is 5.88 Å². The van der Waals surface area contributed by atoms with Crippen LogP contribution in [0.25, 0.3) is 0 Å². The van der Waals surface area contributed by atoms with Crippen LogP contribution >= 0.6 is 11.3 Å². The Morgan fingerprint density at radius 2 is 2.13 bits per heavy atom. The van der Waals surface area contributed by atoms with E-state index in [0.29, 0.717) is 12.4 Å². The van der Waals surface area contributed by atoms with Gasteiger partial charge in [-0.25, -0.2) is 4.98 Å². The molecule has 5 heterocycles. The van der Waals surface area contributed by atoms with Crippen LogP contribution in [-0.2, 0) is 29.8 Å². The number of nitrogens with zero attached hydrogens (tertiary/aromatic N) is 3. The number of carbonyl (C=O) groups is 1. The summed E-state index contributed by atoms with van der Waals surface area (Å²) >= 11 is 1.84. The SMILES string of the molecule is COc1nc2c(cc1CN1CCC3(CC1)OCCc1ccsc13)C(=O)N(C(C)C)C2. The lowest BCUT2D eigenvalue weighted by molar-refractivity contribution is -0.0961. The molecule has 160 valence electrons. The van der Waals surface area contributed by atoms with Crippen molar-refractivity contribution in [1.29, 1.82) is 0 Å². The van der Waals surface area contributed by atoms with Gasteiger partial charge in [-0.3, -0.25) is 9.69 Å². The second-order valence-corrected chi connectivity index (χ2v) is 9.74. The number of likely N-dealkylation sites (tertiary alicyclic amines) is 1. The second kappa shape index (κ2) is 7.62. The topological polar surface area (TPSA) is 54.9 Å². The van der Waals surface area contributed by atoms with Crippen molar-refractivity contribution in [1.82, 2.24) is 14.8 Å². The molecule has 0 unspecified atom stereocenters. The number of rotatable bonds is 4. The van der Waals surface area contributed by atoms with Crippen molar-refractivity contribution in [3.05, 3.63) is 44.8 Å². The summed E-state index contributed by atoms with van der Waals surface area (Å²) in [5.74, 6) is 0.719. The number of carbonyl (C=O) groups excluding carboxylic acids is 1. The zero-order chi connectivity index (χ0) is 20.9. The van der Waals surface area contributed by atoms with Crippen LogP contribution in [0.1, 0.15) is 58.7 Å². The second-order valence-electron chi connectivity index (χ2n) is 8.82. The van der Waals surface area contributed by atoms with Crippen LogP contribution < -0.4 is 4.74 Å². The maximum absolute atomic E-state index is 12.8. The molecule has 5 rings (SSSR count). The minimum Gasteiger partial charge on any atom is -0.481 e. The minimum atomic E-state index is -0.105. The van der Waals surface area contributed by atoms with E-state index in [-0.39, 0.29) is 17.6 Å². The fraction of sp³-hybridized carbons (Fsp3) is 0.565. The molecule has 0 N–H and O–H groups in total. The van der Waals surface area contributed by atoms with Gasteiger partial charge in [0.2, 0.25) is 5.88 Å². The molecule has 0 bridgehead atoms. The highest BCUT2D eigenvalue weighted by Gasteiger charge is 2.42. The molecule has 6 nitrogen and oxygen atoms in total. The quantitative estimate of drug-likeness (QED) is 0.747. The fourth-order valence-electron chi connectivity index (χ4n) is 5.01. The van der Waals surface area contributed by atoms with Gasteiger partial charge in [-0.05, 0) is 56.2 Å². The summed E-state index contributed by atoms with van der Waals surface area (Å²) < 4.78 is 11.9. The van der Waals surface area contributed by atoms with Gasteiger partial charge < -0.3 is 14.4 Å². The first-order chi connectivity index (χ1) is 14.5. The van der Waals surface area contributed by atoms with E-state index in [4.69, 9.17) is 14.5 Å². The predicted molar refractivity (Wildman–Crippen MR) is 116 cm³/mol. The number of methoxy groups -OCH3 is 1. The van der Waals surface area contributed by atoms with Gasteiger partial charge in [-0.2, -0.15) is 0 Å². The number of thiophene rings is 1. The van der Waals surface area contributed by atoms with E-state index in [1.54, 1.807) is 7.11 Å². The van der Waals surface area contributed by atoms with Gasteiger partial charge in [0.15, 0.2) is 0 Å². The van der Waals surface area contributed by atoms with Gasteiger partial charge in [-0.15, -0.1) is 11.3 Å². The monoisotopic (exact) mass is 427 g/mol. The van der Waals surface area contributed by atoms with Crippen molar-refractivity contribution in [3.8, 4) is 5.88 Å². The number of pyridine rings is 1. The molecule has 1 spiro atoms. The third-order valence-corrected chi connectivity index (χ3v) is 7.88. The molecule has 0 aromatic carbocycles. The molecule has 0 aliphatic carbocycles. The number of piperidine rings is 1. The first kappa shape index (κ1) is 20.0. The first-order valence-electron chi connectivity index (χ1n) is 10.8. The van der Waals surface area contributed by atoms with E-state index < -0.39 is 0 Å². The molecular weight excluding hydrogens is 398 g/mol. The predicted octanol–water partition coefficient (Wildman–Crippen LogP) is 3.58. The summed E-state index contributed by atoms with van der Waals surface area (Å²) in [6.07, 6.45) is 3.03. The average molecular weight is 428 g/mol. The number of fused-ring (bicyclic) bond motifs is 3. The van der Waals surface area contributed by atoms with Gasteiger partial charge in [-0.1, -0.05) is 0 Å². The van der Waals surface area contributed by atoms with Gasteiger partial charge in [0.25, 0.3) is 5.91 Å². The summed E-state index contributed by atoms with van der Waals surface area (Å²) in [4.78, 5) is 23.2. The van der Waals surface area contributed by atoms with E-state index in [2.05, 4.69) is 16.3 Å². The zero-order valence-electron chi connectivity index (χ0n) is 17.9. The van der Waals surface area contributed by atoms with E-state index >= 15 is 0 Å². The Bertz CT molecular complexity index is 963. The smallest absolute Gasteiger partial charge is 0.256 e. The number of amides is 1. The van der Waals surface area contributed by atoms with Crippen molar-refractivity contribution in [3.63, 3.8) is 0 Å². The molecule has 2 aromatic heterocycles. The van der Waals surface area contributed by atoms with Crippen molar-refractivity contribution < 1.29 is 14.3 Å². The Labute approximate surface area is 181 Å². The van der Waals surface area contributed by atoms with E-state index in [9.17, 15) is 4.79 Å². The maximum atomic E-state index is 12.8. The normalized spacial score (nSPS) is 20.7. The van der Waals surface area contributed by atoms with Crippen molar-refractivity contribution in [2.24, 2.45) is 0 Å². The van der Waals surface area contributed by atoms with E-state index in [0.717, 1.165) is 62.3 Å². The van der Waals surface area contributed by atoms with Crippen LogP contribution in [0.15, 0.2) is 17.5 Å². The summed E-state index contributed by atoms with van der Waals surface area (Å²) in [6.45, 7) is 8.13. The Morgan fingerprint density at radius 3 is 2.87 bits per heavy atom. The first-order valence-corrected chi connectivity index (χ1v) is 11.7. The number of hydrogen-bond acceptors (Lipinski definition) is 6. The molecule has 0 radical (unpaired) electrons. The molecule has 2 aromatic rings. The molecule has 30 heavy (non-hydrogen) atoms. The average Bonchev–Trinajstić information content (AvgIpc) is 3.35.